The molecule has 3 rings (SSSR count). The van der Waals surface area contributed by atoms with E-state index in [4.69, 9.17) is 10.5 Å². The summed E-state index contributed by atoms with van der Waals surface area (Å²) in [5.41, 5.74) is 8.76. The van der Waals surface area contributed by atoms with Crippen molar-refractivity contribution in [3.05, 3.63) is 36.2 Å². The van der Waals surface area contributed by atoms with Crippen LogP contribution in [0.4, 0.5) is 5.95 Å². The smallest absolute Gasteiger partial charge is 0.201 e. The molecule has 6 nitrogen and oxygen atoms in total. The highest BCUT2D eigenvalue weighted by molar-refractivity contribution is 5.84. The van der Waals surface area contributed by atoms with Crippen molar-refractivity contribution in [3.63, 3.8) is 0 Å². The van der Waals surface area contributed by atoms with E-state index in [-0.39, 0.29) is 6.10 Å². The van der Waals surface area contributed by atoms with Gasteiger partial charge in [0.1, 0.15) is 11.3 Å². The van der Waals surface area contributed by atoms with Crippen LogP contribution in [0.5, 0.6) is 5.75 Å². The number of aromatic nitrogens is 4. The molecule has 2 N–H and O–H groups in total. The van der Waals surface area contributed by atoms with Gasteiger partial charge in [0.2, 0.25) is 5.95 Å². The Morgan fingerprint density at radius 3 is 2.76 bits per heavy atom. The first-order valence-electron chi connectivity index (χ1n) is 6.94. The molecule has 0 saturated carbocycles. The third-order valence-electron chi connectivity index (χ3n) is 3.22. The van der Waals surface area contributed by atoms with E-state index in [1.165, 1.54) is 0 Å². The number of hydrogen-bond acceptors (Lipinski definition) is 4. The van der Waals surface area contributed by atoms with E-state index in [0.717, 1.165) is 22.5 Å². The van der Waals surface area contributed by atoms with Crippen LogP contribution in [-0.4, -0.2) is 25.4 Å². The topological polar surface area (TPSA) is 70.9 Å². The Morgan fingerprint density at radius 1 is 1.29 bits per heavy atom. The number of anilines is 1. The first-order chi connectivity index (χ1) is 10.0. The number of aryl methyl sites for hydroxylation is 1. The number of rotatable bonds is 4. The van der Waals surface area contributed by atoms with E-state index >= 15 is 0 Å². The molecule has 0 bridgehead atoms. The number of fused-ring (bicyclic) bond motifs is 1. The zero-order chi connectivity index (χ0) is 15.0. The zero-order valence-corrected chi connectivity index (χ0v) is 12.4. The van der Waals surface area contributed by atoms with Gasteiger partial charge in [-0.25, -0.2) is 4.98 Å². The number of nitrogens with two attached hydrogens (primary N) is 1. The van der Waals surface area contributed by atoms with Crippen LogP contribution in [0.15, 0.2) is 30.5 Å². The summed E-state index contributed by atoms with van der Waals surface area (Å²) < 4.78 is 9.52. The van der Waals surface area contributed by atoms with Gasteiger partial charge in [0.05, 0.1) is 23.9 Å². The molecule has 6 heteroatoms. The molecule has 0 fully saturated rings. The van der Waals surface area contributed by atoms with Gasteiger partial charge in [0.15, 0.2) is 0 Å². The third kappa shape index (κ3) is 2.56. The molecule has 0 spiro atoms. The standard InChI is InChI=1S/C15H19N5O/c1-10(2)21-13-6-4-5-12-14(13)17-15(16)20(12)9-11-7-8-19(3)18-11/h4-8,10H,9H2,1-3H3,(H2,16,17). The predicted molar refractivity (Wildman–Crippen MR) is 82.2 cm³/mol. The molecule has 0 saturated heterocycles. The van der Waals surface area contributed by atoms with Crippen LogP contribution in [0, 0.1) is 0 Å². The van der Waals surface area contributed by atoms with Crippen LogP contribution in [0.25, 0.3) is 11.0 Å². The molecule has 0 aliphatic carbocycles. The summed E-state index contributed by atoms with van der Waals surface area (Å²) in [6.07, 6.45) is 2.01. The molecule has 2 heterocycles. The maximum atomic E-state index is 6.07. The Labute approximate surface area is 123 Å². The van der Waals surface area contributed by atoms with Gasteiger partial charge in [-0.1, -0.05) is 6.07 Å². The van der Waals surface area contributed by atoms with E-state index < -0.39 is 0 Å². The van der Waals surface area contributed by atoms with Crippen molar-refractivity contribution in [2.24, 2.45) is 7.05 Å². The molecule has 0 aliphatic rings. The van der Waals surface area contributed by atoms with Gasteiger partial charge in [-0.3, -0.25) is 4.68 Å². The molecular weight excluding hydrogens is 266 g/mol. The van der Waals surface area contributed by atoms with Crippen molar-refractivity contribution >= 4 is 17.0 Å². The predicted octanol–water partition coefficient (Wildman–Crippen LogP) is 2.19. The average Bonchev–Trinajstić information content (AvgIpc) is 2.96. The maximum absolute atomic E-state index is 6.07. The number of nitrogens with zero attached hydrogens (tertiary/aromatic N) is 4. The third-order valence-corrected chi connectivity index (χ3v) is 3.22. The lowest BCUT2D eigenvalue weighted by Crippen LogP contribution is -2.06. The maximum Gasteiger partial charge on any atom is 0.201 e. The highest BCUT2D eigenvalue weighted by Crippen LogP contribution is 2.28. The molecular formula is C15H19N5O. The van der Waals surface area contributed by atoms with Crippen molar-refractivity contribution < 1.29 is 4.74 Å². The zero-order valence-electron chi connectivity index (χ0n) is 12.4. The van der Waals surface area contributed by atoms with Crippen molar-refractivity contribution in [3.8, 4) is 5.75 Å². The molecule has 110 valence electrons. The Hall–Kier alpha value is -2.50. The highest BCUT2D eigenvalue weighted by Gasteiger charge is 2.14. The minimum absolute atomic E-state index is 0.0952. The van der Waals surface area contributed by atoms with Crippen LogP contribution in [0.1, 0.15) is 19.5 Å². The van der Waals surface area contributed by atoms with Crippen LogP contribution < -0.4 is 10.5 Å². The first-order valence-corrected chi connectivity index (χ1v) is 6.94. The first kappa shape index (κ1) is 13.5. The SMILES string of the molecule is CC(C)Oc1cccc2c1nc(N)n2Cc1ccn(C)n1. The van der Waals surface area contributed by atoms with Gasteiger partial charge in [0.25, 0.3) is 0 Å². The molecule has 0 unspecified atom stereocenters. The van der Waals surface area contributed by atoms with Gasteiger partial charge >= 0.3 is 0 Å². The Kier molecular flexibility index (Phi) is 3.29. The summed E-state index contributed by atoms with van der Waals surface area (Å²) in [5, 5.41) is 4.39. The quantitative estimate of drug-likeness (QED) is 0.797. The van der Waals surface area contributed by atoms with Gasteiger partial charge in [-0.2, -0.15) is 5.10 Å². The Bertz CT molecular complexity index is 772. The largest absolute Gasteiger partial charge is 0.489 e. The average molecular weight is 285 g/mol. The summed E-state index contributed by atoms with van der Waals surface area (Å²) in [4.78, 5) is 4.45. The van der Waals surface area contributed by atoms with Crippen LogP contribution >= 0.6 is 0 Å². The van der Waals surface area contributed by atoms with Gasteiger partial charge in [-0.05, 0) is 32.0 Å². The summed E-state index contributed by atoms with van der Waals surface area (Å²) in [5.74, 6) is 1.23. The second kappa shape index (κ2) is 5.12. The fraction of sp³-hybridized carbons (Fsp3) is 0.333. The number of hydrogen-bond donors (Lipinski definition) is 1. The minimum Gasteiger partial charge on any atom is -0.489 e. The second-order valence-corrected chi connectivity index (χ2v) is 5.33. The summed E-state index contributed by atoms with van der Waals surface area (Å²) in [6, 6.07) is 7.84. The van der Waals surface area contributed by atoms with Crippen molar-refractivity contribution in [1.82, 2.24) is 19.3 Å². The lowest BCUT2D eigenvalue weighted by Gasteiger charge is -2.10. The van der Waals surface area contributed by atoms with E-state index in [1.54, 1.807) is 4.68 Å². The second-order valence-electron chi connectivity index (χ2n) is 5.33. The fourth-order valence-electron chi connectivity index (χ4n) is 2.36. The molecule has 2 aromatic heterocycles. The van der Waals surface area contributed by atoms with E-state index in [2.05, 4.69) is 10.1 Å². The van der Waals surface area contributed by atoms with Crippen LogP contribution in [0.3, 0.4) is 0 Å². The highest BCUT2D eigenvalue weighted by atomic mass is 16.5. The summed E-state index contributed by atoms with van der Waals surface area (Å²) in [6.45, 7) is 4.58. The Balaban J connectivity index is 2.05. The number of benzene rings is 1. The summed E-state index contributed by atoms with van der Waals surface area (Å²) >= 11 is 0. The minimum atomic E-state index is 0.0952. The van der Waals surface area contributed by atoms with Gasteiger partial charge < -0.3 is 15.0 Å². The van der Waals surface area contributed by atoms with Gasteiger partial charge in [0, 0.05) is 13.2 Å². The summed E-state index contributed by atoms with van der Waals surface area (Å²) in [7, 11) is 1.90. The molecule has 0 amide bonds. The Morgan fingerprint density at radius 2 is 2.10 bits per heavy atom. The lowest BCUT2D eigenvalue weighted by molar-refractivity contribution is 0.245. The molecule has 21 heavy (non-hydrogen) atoms. The van der Waals surface area contributed by atoms with Crippen molar-refractivity contribution in [2.45, 2.75) is 26.5 Å². The number of para-hydroxylation sites is 1. The molecule has 0 aliphatic heterocycles. The van der Waals surface area contributed by atoms with E-state index in [1.807, 2.05) is 55.9 Å². The molecule has 0 atom stereocenters. The van der Waals surface area contributed by atoms with E-state index in [9.17, 15) is 0 Å². The van der Waals surface area contributed by atoms with Crippen molar-refractivity contribution in [2.75, 3.05) is 5.73 Å². The van der Waals surface area contributed by atoms with Crippen molar-refractivity contribution in [1.29, 1.82) is 0 Å². The molecule has 1 aromatic carbocycles. The number of nitrogen functional groups attached to an aromatic ring is 1. The van der Waals surface area contributed by atoms with E-state index in [0.29, 0.717) is 12.5 Å². The molecule has 3 aromatic rings. The fourth-order valence-corrected chi connectivity index (χ4v) is 2.36. The normalized spacial score (nSPS) is 11.4. The monoisotopic (exact) mass is 285 g/mol. The lowest BCUT2D eigenvalue weighted by atomic mass is 10.3. The van der Waals surface area contributed by atoms with Gasteiger partial charge in [-0.15, -0.1) is 0 Å². The van der Waals surface area contributed by atoms with Crippen LogP contribution in [-0.2, 0) is 13.6 Å². The van der Waals surface area contributed by atoms with Crippen LogP contribution in [0.2, 0.25) is 0 Å². The number of ether oxygens (including phenoxy) is 1. The number of imidazole rings is 1. The molecule has 0 radical (unpaired) electrons.